The van der Waals surface area contributed by atoms with Gasteiger partial charge >= 0.3 is 5.15 Å². The van der Waals surface area contributed by atoms with E-state index in [1.165, 1.54) is 6.20 Å². The van der Waals surface area contributed by atoms with Crippen molar-refractivity contribution in [2.45, 2.75) is 0 Å². The molecule has 98 valence electrons. The summed E-state index contributed by atoms with van der Waals surface area (Å²) in [5.74, 6) is 0. The molecular formula is C16H11ClN2O. The van der Waals surface area contributed by atoms with E-state index in [2.05, 4.69) is 4.98 Å². The molecule has 0 unspecified atom stereocenters. The highest BCUT2D eigenvalue weighted by atomic mass is 35.5. The number of aromatic nitrogens is 2. The van der Waals surface area contributed by atoms with Crippen molar-refractivity contribution in [2.24, 2.45) is 0 Å². The Morgan fingerprint density at radius 2 is 1.40 bits per heavy atom. The molecule has 2 aromatic carbocycles. The number of hydrogen-bond acceptors (Lipinski definition) is 2. The van der Waals surface area contributed by atoms with Crippen molar-refractivity contribution in [1.29, 1.82) is 0 Å². The van der Waals surface area contributed by atoms with E-state index in [0.29, 0.717) is 16.1 Å². The van der Waals surface area contributed by atoms with E-state index in [1.54, 1.807) is 0 Å². The zero-order chi connectivity index (χ0) is 13.9. The zero-order valence-electron chi connectivity index (χ0n) is 10.5. The van der Waals surface area contributed by atoms with E-state index in [4.69, 9.17) is 11.6 Å². The monoisotopic (exact) mass is 282 g/mol. The molecule has 3 rings (SSSR count). The van der Waals surface area contributed by atoms with E-state index in [1.807, 2.05) is 60.7 Å². The van der Waals surface area contributed by atoms with Gasteiger partial charge in [-0.25, -0.2) is 4.98 Å². The van der Waals surface area contributed by atoms with Gasteiger partial charge in [-0.2, -0.15) is 4.73 Å². The van der Waals surface area contributed by atoms with Gasteiger partial charge in [0.25, 0.3) is 0 Å². The van der Waals surface area contributed by atoms with E-state index >= 15 is 0 Å². The average Bonchev–Trinajstić information content (AvgIpc) is 2.51. The summed E-state index contributed by atoms with van der Waals surface area (Å²) in [7, 11) is 0. The summed E-state index contributed by atoms with van der Waals surface area (Å²) in [6.07, 6.45) is 1.39. The van der Waals surface area contributed by atoms with Gasteiger partial charge in [0.15, 0.2) is 5.69 Å². The van der Waals surface area contributed by atoms with Gasteiger partial charge in [0, 0.05) is 11.1 Å². The molecule has 3 nitrogen and oxygen atoms in total. The maximum Gasteiger partial charge on any atom is 0.313 e. The topological polar surface area (TPSA) is 39.8 Å². The number of rotatable bonds is 2. The van der Waals surface area contributed by atoms with Gasteiger partial charge < -0.3 is 5.21 Å². The summed E-state index contributed by atoms with van der Waals surface area (Å²) in [6.45, 7) is 0. The molecule has 0 aliphatic carbocycles. The van der Waals surface area contributed by atoms with Crippen molar-refractivity contribution in [3.63, 3.8) is 0 Å². The Kier molecular flexibility index (Phi) is 3.35. The van der Waals surface area contributed by atoms with E-state index in [0.717, 1.165) is 11.1 Å². The molecule has 0 N–H and O–H groups in total. The van der Waals surface area contributed by atoms with Crippen LogP contribution in [0.3, 0.4) is 0 Å². The lowest BCUT2D eigenvalue weighted by Gasteiger charge is -2.07. The van der Waals surface area contributed by atoms with Gasteiger partial charge in [-0.3, -0.25) is 0 Å². The van der Waals surface area contributed by atoms with Gasteiger partial charge in [-0.15, -0.1) is 0 Å². The van der Waals surface area contributed by atoms with Gasteiger partial charge in [0.05, 0.1) is 0 Å². The molecule has 0 aliphatic rings. The molecule has 0 fully saturated rings. The first-order valence-electron chi connectivity index (χ1n) is 6.16. The molecule has 20 heavy (non-hydrogen) atoms. The molecule has 0 saturated carbocycles. The summed E-state index contributed by atoms with van der Waals surface area (Å²) in [6, 6.07) is 19.0. The van der Waals surface area contributed by atoms with Crippen LogP contribution in [0.1, 0.15) is 0 Å². The van der Waals surface area contributed by atoms with Crippen molar-refractivity contribution in [3.05, 3.63) is 77.2 Å². The van der Waals surface area contributed by atoms with Gasteiger partial charge in [0.1, 0.15) is 5.69 Å². The average molecular weight is 283 g/mol. The molecule has 0 atom stereocenters. The minimum absolute atomic E-state index is 0.0795. The molecular weight excluding hydrogens is 272 g/mol. The van der Waals surface area contributed by atoms with E-state index in [-0.39, 0.29) is 5.15 Å². The minimum Gasteiger partial charge on any atom is -0.618 e. The van der Waals surface area contributed by atoms with Crippen LogP contribution in [-0.2, 0) is 0 Å². The molecule has 0 bridgehead atoms. The summed E-state index contributed by atoms with van der Waals surface area (Å²) < 4.78 is 0.652. The summed E-state index contributed by atoms with van der Waals surface area (Å²) in [4.78, 5) is 4.52. The first-order chi connectivity index (χ1) is 9.75. The molecule has 4 heteroatoms. The second kappa shape index (κ2) is 5.31. The highest BCUT2D eigenvalue weighted by molar-refractivity contribution is 6.30. The predicted molar refractivity (Wildman–Crippen MR) is 79.1 cm³/mol. The highest BCUT2D eigenvalue weighted by Gasteiger charge is 2.16. The van der Waals surface area contributed by atoms with Gasteiger partial charge in [-0.05, 0) is 11.6 Å². The number of hydrogen-bond donors (Lipinski definition) is 0. The van der Waals surface area contributed by atoms with Crippen molar-refractivity contribution in [1.82, 2.24) is 4.98 Å². The molecule has 3 aromatic rings. The predicted octanol–water partition coefficient (Wildman–Crippen LogP) is 3.70. The maximum absolute atomic E-state index is 12.0. The third kappa shape index (κ3) is 2.36. The SMILES string of the molecule is [O-][n+]1cc(-c2ccccc2)nc(-c2ccccc2)c1Cl. The van der Waals surface area contributed by atoms with Crippen LogP contribution >= 0.6 is 11.6 Å². The van der Waals surface area contributed by atoms with Crippen LogP contribution in [0, 0.1) is 5.21 Å². The Labute approximate surface area is 121 Å². The van der Waals surface area contributed by atoms with Crippen LogP contribution < -0.4 is 4.73 Å². The molecule has 1 heterocycles. The lowest BCUT2D eigenvalue weighted by atomic mass is 10.1. The second-order valence-corrected chi connectivity index (χ2v) is 4.68. The third-order valence-electron chi connectivity index (χ3n) is 2.98. The van der Waals surface area contributed by atoms with Crippen molar-refractivity contribution >= 4 is 11.6 Å². The van der Waals surface area contributed by atoms with Crippen LogP contribution in [-0.4, -0.2) is 4.98 Å². The standard InChI is InChI=1S/C16H11ClN2O/c17-16-15(13-9-5-2-6-10-13)18-14(11-19(16)20)12-7-3-1-4-8-12/h1-11H. The fraction of sp³-hybridized carbons (Fsp3) is 0. The number of halogens is 1. The molecule has 0 aliphatic heterocycles. The Bertz CT molecular complexity index is 730. The lowest BCUT2D eigenvalue weighted by Crippen LogP contribution is -2.28. The molecule has 1 aromatic heterocycles. The van der Waals surface area contributed by atoms with Crippen LogP contribution in [0.25, 0.3) is 22.5 Å². The van der Waals surface area contributed by atoms with E-state index in [9.17, 15) is 5.21 Å². The van der Waals surface area contributed by atoms with Crippen molar-refractivity contribution in [3.8, 4) is 22.5 Å². The zero-order valence-corrected chi connectivity index (χ0v) is 11.3. The molecule has 0 amide bonds. The fourth-order valence-electron chi connectivity index (χ4n) is 2.00. The van der Waals surface area contributed by atoms with Crippen LogP contribution in [0.15, 0.2) is 66.9 Å². The second-order valence-electron chi connectivity index (χ2n) is 4.32. The van der Waals surface area contributed by atoms with Gasteiger partial charge in [-0.1, -0.05) is 60.7 Å². The number of benzene rings is 2. The normalized spacial score (nSPS) is 10.4. The highest BCUT2D eigenvalue weighted by Crippen LogP contribution is 2.26. The Balaban J connectivity index is 2.19. The largest absolute Gasteiger partial charge is 0.618 e. The van der Waals surface area contributed by atoms with Gasteiger partial charge in [0.2, 0.25) is 6.20 Å². The van der Waals surface area contributed by atoms with Crippen LogP contribution in [0.2, 0.25) is 5.15 Å². The lowest BCUT2D eigenvalue weighted by molar-refractivity contribution is -0.602. The minimum atomic E-state index is 0.0795. The summed E-state index contributed by atoms with van der Waals surface area (Å²) in [5.41, 5.74) is 2.79. The summed E-state index contributed by atoms with van der Waals surface area (Å²) >= 11 is 6.08. The Hall–Kier alpha value is -2.39. The Morgan fingerprint density at radius 3 is 2.00 bits per heavy atom. The Morgan fingerprint density at radius 1 is 0.850 bits per heavy atom. The smallest absolute Gasteiger partial charge is 0.313 e. The van der Waals surface area contributed by atoms with Crippen LogP contribution in [0.4, 0.5) is 0 Å². The van der Waals surface area contributed by atoms with Crippen molar-refractivity contribution < 1.29 is 4.73 Å². The quantitative estimate of drug-likeness (QED) is 0.531. The first-order valence-corrected chi connectivity index (χ1v) is 6.54. The fourth-order valence-corrected chi connectivity index (χ4v) is 2.20. The molecule has 0 spiro atoms. The molecule has 0 radical (unpaired) electrons. The third-order valence-corrected chi connectivity index (χ3v) is 3.32. The first kappa shape index (κ1) is 12.6. The maximum atomic E-state index is 12.0. The van der Waals surface area contributed by atoms with Crippen molar-refractivity contribution in [2.75, 3.05) is 0 Å². The van der Waals surface area contributed by atoms with E-state index < -0.39 is 0 Å². The van der Waals surface area contributed by atoms with Crippen LogP contribution in [0.5, 0.6) is 0 Å². The number of nitrogens with zero attached hydrogens (tertiary/aromatic N) is 2. The summed E-state index contributed by atoms with van der Waals surface area (Å²) in [5, 5.41) is 12.0. The molecule has 0 saturated heterocycles.